The van der Waals surface area contributed by atoms with E-state index in [2.05, 4.69) is 41.6 Å². The Hall–Kier alpha value is -1.75. The number of nitrogens with one attached hydrogen (secondary N) is 1. The second kappa shape index (κ2) is 6.43. The first-order valence-electron chi connectivity index (χ1n) is 6.73. The van der Waals surface area contributed by atoms with Crippen molar-refractivity contribution in [1.29, 1.82) is 0 Å². The predicted octanol–water partition coefficient (Wildman–Crippen LogP) is 2.19. The van der Waals surface area contributed by atoms with E-state index in [9.17, 15) is 0 Å². The zero-order valence-electron chi connectivity index (χ0n) is 11.7. The maximum Gasteiger partial charge on any atom is 0.170 e. The van der Waals surface area contributed by atoms with Gasteiger partial charge >= 0.3 is 0 Å². The van der Waals surface area contributed by atoms with Gasteiger partial charge < -0.3 is 5.32 Å². The fourth-order valence-corrected chi connectivity index (χ4v) is 2.14. The third-order valence-electron chi connectivity index (χ3n) is 2.97. The maximum absolute atomic E-state index is 4.08. The summed E-state index contributed by atoms with van der Waals surface area (Å²) in [7, 11) is 0. The predicted molar refractivity (Wildman–Crippen MR) is 74.9 cm³/mol. The lowest BCUT2D eigenvalue weighted by atomic mass is 10.1. The Kier molecular flexibility index (Phi) is 4.63. The Morgan fingerprint density at radius 1 is 1.16 bits per heavy atom. The van der Waals surface area contributed by atoms with E-state index in [1.807, 2.05) is 30.3 Å². The van der Waals surface area contributed by atoms with Gasteiger partial charge in [0.1, 0.15) is 0 Å². The van der Waals surface area contributed by atoms with Crippen LogP contribution in [-0.4, -0.2) is 26.2 Å². The molecule has 2 aromatic rings. The monoisotopic (exact) mass is 259 g/mol. The molecule has 0 aliphatic rings. The molecular weight excluding hydrogens is 238 g/mol. The highest BCUT2D eigenvalue weighted by Crippen LogP contribution is 2.08. The molecule has 5 nitrogen and oxygen atoms in total. The summed E-state index contributed by atoms with van der Waals surface area (Å²) < 4.78 is 1.77. The molecule has 1 aromatic heterocycles. The number of nitrogens with zero attached hydrogens (tertiary/aromatic N) is 4. The van der Waals surface area contributed by atoms with Crippen molar-refractivity contribution < 1.29 is 0 Å². The summed E-state index contributed by atoms with van der Waals surface area (Å²) in [6.45, 7) is 7.32. The molecule has 2 rings (SSSR count). The highest BCUT2D eigenvalue weighted by atomic mass is 15.5. The molecule has 1 heterocycles. The Labute approximate surface area is 114 Å². The van der Waals surface area contributed by atoms with Gasteiger partial charge in [-0.1, -0.05) is 32.0 Å². The maximum atomic E-state index is 4.08. The molecule has 0 spiro atoms. The Bertz CT molecular complexity index is 492. The van der Waals surface area contributed by atoms with E-state index in [0.29, 0.717) is 18.5 Å². The average Bonchev–Trinajstić information content (AvgIpc) is 2.85. The summed E-state index contributed by atoms with van der Waals surface area (Å²) in [5.41, 5.74) is 0.987. The van der Waals surface area contributed by atoms with Crippen LogP contribution in [0, 0.1) is 5.92 Å². The van der Waals surface area contributed by atoms with Crippen LogP contribution < -0.4 is 5.32 Å². The molecular formula is C14H21N5. The fraction of sp³-hybridized carbons (Fsp3) is 0.500. The van der Waals surface area contributed by atoms with Gasteiger partial charge in [-0.25, -0.2) is 0 Å². The summed E-state index contributed by atoms with van der Waals surface area (Å²) in [6.07, 6.45) is 1.15. The van der Waals surface area contributed by atoms with Crippen LogP contribution in [0.25, 0.3) is 5.69 Å². The van der Waals surface area contributed by atoms with E-state index in [4.69, 9.17) is 0 Å². The Morgan fingerprint density at radius 2 is 1.89 bits per heavy atom. The quantitative estimate of drug-likeness (QED) is 0.864. The zero-order valence-corrected chi connectivity index (χ0v) is 11.7. The van der Waals surface area contributed by atoms with E-state index in [1.54, 1.807) is 4.68 Å². The highest BCUT2D eigenvalue weighted by molar-refractivity contribution is 5.30. The number of aromatic nitrogens is 4. The fourth-order valence-electron chi connectivity index (χ4n) is 2.14. The molecule has 102 valence electrons. The number of hydrogen-bond acceptors (Lipinski definition) is 4. The van der Waals surface area contributed by atoms with Crippen molar-refractivity contribution in [2.45, 2.75) is 39.8 Å². The van der Waals surface area contributed by atoms with Crippen LogP contribution in [0.1, 0.15) is 33.0 Å². The normalized spacial score (nSPS) is 12.8. The summed E-state index contributed by atoms with van der Waals surface area (Å²) >= 11 is 0. The summed E-state index contributed by atoms with van der Waals surface area (Å²) in [5.74, 6) is 1.52. The largest absolute Gasteiger partial charge is 0.307 e. The molecule has 1 atom stereocenters. The second-order valence-corrected chi connectivity index (χ2v) is 5.25. The Balaban J connectivity index is 2.01. The van der Waals surface area contributed by atoms with Crippen LogP contribution in [0.3, 0.4) is 0 Å². The van der Waals surface area contributed by atoms with E-state index < -0.39 is 0 Å². The van der Waals surface area contributed by atoms with Crippen molar-refractivity contribution in [2.24, 2.45) is 5.92 Å². The molecule has 0 aliphatic carbocycles. The van der Waals surface area contributed by atoms with Gasteiger partial charge in [0.2, 0.25) is 0 Å². The lowest BCUT2D eigenvalue weighted by Crippen LogP contribution is -2.28. The van der Waals surface area contributed by atoms with Crippen LogP contribution in [0.4, 0.5) is 0 Å². The van der Waals surface area contributed by atoms with Crippen LogP contribution in [0.2, 0.25) is 0 Å². The Morgan fingerprint density at radius 3 is 2.58 bits per heavy atom. The van der Waals surface area contributed by atoms with Gasteiger partial charge in [0, 0.05) is 6.04 Å². The second-order valence-electron chi connectivity index (χ2n) is 5.25. The number of para-hydroxylation sites is 1. The van der Waals surface area contributed by atoms with Crippen molar-refractivity contribution >= 4 is 0 Å². The molecule has 1 N–H and O–H groups in total. The first-order chi connectivity index (χ1) is 9.16. The van der Waals surface area contributed by atoms with Crippen molar-refractivity contribution in [3.05, 3.63) is 36.2 Å². The van der Waals surface area contributed by atoms with Crippen molar-refractivity contribution in [3.63, 3.8) is 0 Å². The van der Waals surface area contributed by atoms with E-state index in [1.165, 1.54) is 0 Å². The lowest BCUT2D eigenvalue weighted by molar-refractivity contribution is 0.434. The van der Waals surface area contributed by atoms with Crippen LogP contribution in [-0.2, 0) is 6.54 Å². The van der Waals surface area contributed by atoms with Gasteiger partial charge in [0.25, 0.3) is 0 Å². The van der Waals surface area contributed by atoms with Gasteiger partial charge in [-0.2, -0.15) is 4.68 Å². The molecule has 5 heteroatoms. The average molecular weight is 259 g/mol. The number of hydrogen-bond donors (Lipinski definition) is 1. The SMILES string of the molecule is CC(C)CC(C)NCc1nnnn1-c1ccccc1. The van der Waals surface area contributed by atoms with E-state index in [0.717, 1.165) is 17.9 Å². The van der Waals surface area contributed by atoms with E-state index in [-0.39, 0.29) is 0 Å². The van der Waals surface area contributed by atoms with Crippen molar-refractivity contribution in [1.82, 2.24) is 25.5 Å². The van der Waals surface area contributed by atoms with E-state index >= 15 is 0 Å². The molecule has 0 fully saturated rings. The molecule has 0 saturated carbocycles. The molecule has 0 amide bonds. The zero-order chi connectivity index (χ0) is 13.7. The number of benzene rings is 1. The molecule has 0 aliphatic heterocycles. The summed E-state index contributed by atoms with van der Waals surface area (Å²) in [6, 6.07) is 10.4. The minimum atomic E-state index is 0.459. The van der Waals surface area contributed by atoms with Gasteiger partial charge in [-0.15, -0.1) is 5.10 Å². The molecule has 0 radical (unpaired) electrons. The van der Waals surface area contributed by atoms with Gasteiger partial charge in [0.15, 0.2) is 5.82 Å². The minimum Gasteiger partial charge on any atom is -0.307 e. The van der Waals surface area contributed by atoms with Gasteiger partial charge in [0.05, 0.1) is 12.2 Å². The van der Waals surface area contributed by atoms with Crippen LogP contribution >= 0.6 is 0 Å². The lowest BCUT2D eigenvalue weighted by Gasteiger charge is -2.15. The molecule has 19 heavy (non-hydrogen) atoms. The topological polar surface area (TPSA) is 55.6 Å². The molecule has 1 aromatic carbocycles. The summed E-state index contributed by atoms with van der Waals surface area (Å²) in [4.78, 5) is 0. The minimum absolute atomic E-state index is 0.459. The number of tetrazole rings is 1. The third-order valence-corrected chi connectivity index (χ3v) is 2.97. The molecule has 0 saturated heterocycles. The first kappa shape index (κ1) is 13.7. The van der Waals surface area contributed by atoms with Crippen molar-refractivity contribution in [2.75, 3.05) is 0 Å². The molecule has 1 unspecified atom stereocenters. The first-order valence-corrected chi connectivity index (χ1v) is 6.73. The smallest absolute Gasteiger partial charge is 0.170 e. The number of rotatable bonds is 6. The molecule has 0 bridgehead atoms. The van der Waals surface area contributed by atoms with Crippen LogP contribution in [0.15, 0.2) is 30.3 Å². The third kappa shape index (κ3) is 3.86. The summed E-state index contributed by atoms with van der Waals surface area (Å²) in [5, 5.41) is 15.3. The standard InChI is InChI=1S/C14H21N5/c1-11(2)9-12(3)15-10-14-16-17-18-19(14)13-7-5-4-6-8-13/h4-8,11-12,15H,9-10H2,1-3H3. The van der Waals surface area contributed by atoms with Gasteiger partial charge in [-0.05, 0) is 41.8 Å². The van der Waals surface area contributed by atoms with Crippen molar-refractivity contribution in [3.8, 4) is 5.69 Å². The highest BCUT2D eigenvalue weighted by Gasteiger charge is 2.10. The van der Waals surface area contributed by atoms with Crippen LogP contribution in [0.5, 0.6) is 0 Å². The van der Waals surface area contributed by atoms with Gasteiger partial charge in [-0.3, -0.25) is 0 Å².